The minimum Gasteiger partial charge on any atom is -0.370 e. The highest BCUT2D eigenvalue weighted by atomic mass is 19.1. The van der Waals surface area contributed by atoms with E-state index < -0.39 is 0 Å². The molecule has 1 aromatic rings. The average molecular weight is 350 g/mol. The number of carbonyl (C=O) groups is 1. The highest BCUT2D eigenvalue weighted by Crippen LogP contribution is 2.05. The lowest BCUT2D eigenvalue weighted by Crippen LogP contribution is -2.38. The molecule has 0 spiro atoms. The van der Waals surface area contributed by atoms with E-state index in [2.05, 4.69) is 22.5 Å². The number of halogens is 1. The molecule has 1 amide bonds. The molecular weight excluding hydrogens is 319 g/mol. The molecule has 0 aliphatic carbocycles. The second-order valence-electron chi connectivity index (χ2n) is 6.11. The summed E-state index contributed by atoms with van der Waals surface area (Å²) in [7, 11) is 0. The van der Waals surface area contributed by atoms with Gasteiger partial charge in [0.2, 0.25) is 5.91 Å². The molecule has 140 valence electrons. The molecule has 0 bridgehead atoms. The summed E-state index contributed by atoms with van der Waals surface area (Å²) in [6.45, 7) is 3.94. The number of guanidine groups is 1. The molecule has 0 radical (unpaired) electrons. The number of nitrogens with one attached hydrogen (secondary N) is 2. The van der Waals surface area contributed by atoms with Crippen LogP contribution in [0.1, 0.15) is 51.0 Å². The molecular formula is C19H31FN4O. The van der Waals surface area contributed by atoms with E-state index in [9.17, 15) is 9.18 Å². The molecule has 25 heavy (non-hydrogen) atoms. The molecule has 1 rings (SSSR count). The lowest BCUT2D eigenvalue weighted by Gasteiger charge is -2.08. The van der Waals surface area contributed by atoms with Crippen LogP contribution in [-0.4, -0.2) is 31.5 Å². The Hall–Kier alpha value is -2.11. The fraction of sp³-hybridized carbons (Fsp3) is 0.579. The second kappa shape index (κ2) is 13.2. The van der Waals surface area contributed by atoms with Gasteiger partial charge in [0.1, 0.15) is 5.82 Å². The third kappa shape index (κ3) is 11.1. The van der Waals surface area contributed by atoms with Crippen LogP contribution >= 0.6 is 0 Å². The number of benzene rings is 1. The first-order valence-corrected chi connectivity index (χ1v) is 9.16. The van der Waals surface area contributed by atoms with Gasteiger partial charge >= 0.3 is 0 Å². The van der Waals surface area contributed by atoms with Crippen molar-refractivity contribution < 1.29 is 9.18 Å². The Morgan fingerprint density at radius 2 is 1.68 bits per heavy atom. The van der Waals surface area contributed by atoms with E-state index in [1.165, 1.54) is 44.2 Å². The van der Waals surface area contributed by atoms with Gasteiger partial charge in [-0.2, -0.15) is 0 Å². The van der Waals surface area contributed by atoms with Crippen LogP contribution in [0.2, 0.25) is 0 Å². The zero-order chi connectivity index (χ0) is 18.3. The largest absolute Gasteiger partial charge is 0.370 e. The Bertz CT molecular complexity index is 517. The zero-order valence-corrected chi connectivity index (χ0v) is 15.2. The van der Waals surface area contributed by atoms with Crippen LogP contribution in [0, 0.1) is 5.82 Å². The summed E-state index contributed by atoms with van der Waals surface area (Å²) in [4.78, 5) is 16.0. The third-order valence-corrected chi connectivity index (χ3v) is 3.83. The third-order valence-electron chi connectivity index (χ3n) is 3.83. The number of hydrogen-bond donors (Lipinski definition) is 3. The quantitative estimate of drug-likeness (QED) is 0.308. The highest BCUT2D eigenvalue weighted by Gasteiger charge is 2.03. The van der Waals surface area contributed by atoms with E-state index in [0.717, 1.165) is 18.5 Å². The van der Waals surface area contributed by atoms with Gasteiger partial charge < -0.3 is 16.4 Å². The van der Waals surface area contributed by atoms with E-state index in [-0.39, 0.29) is 18.1 Å². The minimum atomic E-state index is -0.302. The molecule has 0 aliphatic rings. The van der Waals surface area contributed by atoms with E-state index >= 15 is 0 Å². The van der Waals surface area contributed by atoms with Crippen molar-refractivity contribution in [3.8, 4) is 0 Å². The summed E-state index contributed by atoms with van der Waals surface area (Å²) in [6.07, 6.45) is 7.61. The molecule has 0 atom stereocenters. The minimum absolute atomic E-state index is 0.101. The molecule has 4 N–H and O–H groups in total. The van der Waals surface area contributed by atoms with Crippen LogP contribution < -0.4 is 16.4 Å². The maximum absolute atomic E-state index is 12.8. The second-order valence-corrected chi connectivity index (χ2v) is 6.11. The number of rotatable bonds is 12. The van der Waals surface area contributed by atoms with Crippen molar-refractivity contribution in [2.24, 2.45) is 10.7 Å². The van der Waals surface area contributed by atoms with Gasteiger partial charge in [0.25, 0.3) is 0 Å². The summed E-state index contributed by atoms with van der Waals surface area (Å²) in [5, 5.41) is 5.78. The van der Waals surface area contributed by atoms with Crippen LogP contribution in [0.4, 0.5) is 4.39 Å². The summed E-state index contributed by atoms with van der Waals surface area (Å²) in [6, 6.07) is 5.93. The topological polar surface area (TPSA) is 79.5 Å². The fourth-order valence-corrected chi connectivity index (χ4v) is 2.39. The monoisotopic (exact) mass is 350 g/mol. The SMILES string of the molecule is CCCCCCCCN=C(N)NCCNC(=O)Cc1ccc(F)cc1. The number of nitrogens with two attached hydrogens (primary N) is 1. The number of aliphatic imine (C=N–C) groups is 1. The van der Waals surface area contributed by atoms with Crippen molar-refractivity contribution in [2.75, 3.05) is 19.6 Å². The van der Waals surface area contributed by atoms with Crippen LogP contribution in [-0.2, 0) is 11.2 Å². The van der Waals surface area contributed by atoms with E-state index in [4.69, 9.17) is 5.73 Å². The first-order valence-electron chi connectivity index (χ1n) is 9.16. The molecule has 0 aliphatic heterocycles. The summed E-state index contributed by atoms with van der Waals surface area (Å²) in [5.74, 6) is 0.0152. The number of amides is 1. The lowest BCUT2D eigenvalue weighted by atomic mass is 10.1. The van der Waals surface area contributed by atoms with Gasteiger partial charge in [-0.05, 0) is 24.1 Å². The molecule has 0 aromatic heterocycles. The maximum atomic E-state index is 12.8. The van der Waals surface area contributed by atoms with Crippen LogP contribution in [0.25, 0.3) is 0 Å². The molecule has 0 fully saturated rings. The standard InChI is InChI=1S/C19H31FN4O/c1-2-3-4-5-6-7-12-23-19(21)24-14-13-22-18(25)15-16-8-10-17(20)11-9-16/h8-11H,2-7,12-15H2,1H3,(H,22,25)(H3,21,23,24). The fourth-order valence-electron chi connectivity index (χ4n) is 2.39. The Kier molecular flexibility index (Phi) is 11.1. The van der Waals surface area contributed by atoms with Gasteiger partial charge in [-0.25, -0.2) is 4.39 Å². The van der Waals surface area contributed by atoms with Crippen LogP contribution in [0.15, 0.2) is 29.3 Å². The Balaban J connectivity index is 2.04. The van der Waals surface area contributed by atoms with Crippen molar-refractivity contribution in [1.29, 1.82) is 0 Å². The van der Waals surface area contributed by atoms with Gasteiger partial charge in [-0.1, -0.05) is 51.2 Å². The maximum Gasteiger partial charge on any atom is 0.224 e. The van der Waals surface area contributed by atoms with Gasteiger partial charge in [-0.15, -0.1) is 0 Å². The molecule has 0 unspecified atom stereocenters. The number of hydrogen-bond acceptors (Lipinski definition) is 2. The molecule has 0 heterocycles. The van der Waals surface area contributed by atoms with Gasteiger partial charge in [-0.3, -0.25) is 9.79 Å². The van der Waals surface area contributed by atoms with Gasteiger partial charge in [0, 0.05) is 19.6 Å². The predicted molar refractivity (Wildman–Crippen MR) is 101 cm³/mol. The van der Waals surface area contributed by atoms with Crippen molar-refractivity contribution in [3.05, 3.63) is 35.6 Å². The summed E-state index contributed by atoms with van der Waals surface area (Å²) in [5.41, 5.74) is 6.57. The van der Waals surface area contributed by atoms with Gasteiger partial charge in [0.15, 0.2) is 5.96 Å². The molecule has 5 nitrogen and oxygen atoms in total. The zero-order valence-electron chi connectivity index (χ0n) is 15.2. The Morgan fingerprint density at radius 3 is 2.40 bits per heavy atom. The molecule has 1 aromatic carbocycles. The number of carbonyl (C=O) groups excluding carboxylic acids is 1. The normalized spacial score (nSPS) is 11.4. The first-order chi connectivity index (χ1) is 12.1. The smallest absolute Gasteiger partial charge is 0.224 e. The van der Waals surface area contributed by atoms with Crippen molar-refractivity contribution >= 4 is 11.9 Å². The Labute approximate surface area is 150 Å². The van der Waals surface area contributed by atoms with Crippen molar-refractivity contribution in [3.63, 3.8) is 0 Å². The first kappa shape index (κ1) is 20.9. The Morgan fingerprint density at radius 1 is 1.04 bits per heavy atom. The highest BCUT2D eigenvalue weighted by molar-refractivity contribution is 5.79. The molecule has 0 saturated heterocycles. The predicted octanol–water partition coefficient (Wildman–Crippen LogP) is 2.75. The van der Waals surface area contributed by atoms with Gasteiger partial charge in [0.05, 0.1) is 6.42 Å². The van der Waals surface area contributed by atoms with Crippen molar-refractivity contribution in [2.45, 2.75) is 51.9 Å². The van der Waals surface area contributed by atoms with Crippen molar-refractivity contribution in [1.82, 2.24) is 10.6 Å². The van der Waals surface area contributed by atoms with E-state index in [1.54, 1.807) is 12.1 Å². The molecule has 0 saturated carbocycles. The van der Waals surface area contributed by atoms with E-state index in [1.807, 2.05) is 0 Å². The average Bonchev–Trinajstić information content (AvgIpc) is 2.60. The number of unbranched alkanes of at least 4 members (excludes halogenated alkanes) is 5. The number of nitrogens with zero attached hydrogens (tertiary/aromatic N) is 1. The lowest BCUT2D eigenvalue weighted by molar-refractivity contribution is -0.120. The van der Waals surface area contributed by atoms with Crippen LogP contribution in [0.3, 0.4) is 0 Å². The summed E-state index contributed by atoms with van der Waals surface area (Å²) < 4.78 is 12.8. The summed E-state index contributed by atoms with van der Waals surface area (Å²) >= 11 is 0. The van der Waals surface area contributed by atoms with Crippen LogP contribution in [0.5, 0.6) is 0 Å². The molecule has 6 heteroatoms. The van der Waals surface area contributed by atoms with E-state index in [0.29, 0.717) is 19.0 Å².